The molecule has 4 heteroatoms. The van der Waals surface area contributed by atoms with Crippen molar-refractivity contribution in [3.63, 3.8) is 0 Å². The van der Waals surface area contributed by atoms with Gasteiger partial charge in [0.15, 0.2) is 0 Å². The Labute approximate surface area is 68.4 Å². The van der Waals surface area contributed by atoms with Crippen molar-refractivity contribution in [2.24, 2.45) is 0 Å². The first-order chi connectivity index (χ1) is 5.74. The van der Waals surface area contributed by atoms with Crippen molar-refractivity contribution in [3.8, 4) is 6.07 Å². The van der Waals surface area contributed by atoms with Crippen molar-refractivity contribution < 1.29 is 8.78 Å². The van der Waals surface area contributed by atoms with Crippen LogP contribution in [0.1, 0.15) is 0 Å². The van der Waals surface area contributed by atoms with E-state index in [0.29, 0.717) is 0 Å². The molecule has 1 aromatic carbocycles. The maximum atomic E-state index is 12.8. The molecule has 0 aromatic heterocycles. The summed E-state index contributed by atoms with van der Waals surface area (Å²) in [6.45, 7) is 0.00253. The van der Waals surface area contributed by atoms with Gasteiger partial charge in [-0.15, -0.1) is 0 Å². The van der Waals surface area contributed by atoms with E-state index in [2.05, 4.69) is 5.32 Å². The molecule has 0 unspecified atom stereocenters. The molecule has 0 bridgehead atoms. The first kappa shape index (κ1) is 8.47. The van der Waals surface area contributed by atoms with E-state index < -0.39 is 11.6 Å². The SMILES string of the molecule is N#CCNc1ccc(F)cc1F. The lowest BCUT2D eigenvalue weighted by Crippen LogP contribution is -2.00. The topological polar surface area (TPSA) is 35.8 Å². The number of hydrogen-bond donors (Lipinski definition) is 1. The van der Waals surface area contributed by atoms with Crippen molar-refractivity contribution in [2.75, 3.05) is 11.9 Å². The highest BCUT2D eigenvalue weighted by molar-refractivity contribution is 5.45. The van der Waals surface area contributed by atoms with Crippen LogP contribution in [0, 0.1) is 23.0 Å². The van der Waals surface area contributed by atoms with Crippen molar-refractivity contribution >= 4 is 5.69 Å². The molecule has 1 N–H and O–H groups in total. The molecule has 0 spiro atoms. The fourth-order valence-corrected chi connectivity index (χ4v) is 0.768. The lowest BCUT2D eigenvalue weighted by molar-refractivity contribution is 0.585. The number of nitrogens with zero attached hydrogens (tertiary/aromatic N) is 1. The van der Waals surface area contributed by atoms with Gasteiger partial charge in [-0.2, -0.15) is 5.26 Å². The van der Waals surface area contributed by atoms with Crippen LogP contribution >= 0.6 is 0 Å². The molecule has 0 aliphatic rings. The van der Waals surface area contributed by atoms with Crippen molar-refractivity contribution in [3.05, 3.63) is 29.8 Å². The number of hydrogen-bond acceptors (Lipinski definition) is 2. The molecular weight excluding hydrogens is 162 g/mol. The zero-order valence-corrected chi connectivity index (χ0v) is 6.14. The molecule has 2 nitrogen and oxygen atoms in total. The van der Waals surface area contributed by atoms with Gasteiger partial charge in [0, 0.05) is 6.07 Å². The predicted molar refractivity (Wildman–Crippen MR) is 40.5 cm³/mol. The van der Waals surface area contributed by atoms with Crippen LogP contribution in [0.2, 0.25) is 0 Å². The van der Waals surface area contributed by atoms with Crippen LogP contribution in [0.25, 0.3) is 0 Å². The standard InChI is InChI=1S/C8H6F2N2/c9-6-1-2-8(7(10)5-6)12-4-3-11/h1-2,5,12H,4H2. The Kier molecular flexibility index (Phi) is 2.59. The smallest absolute Gasteiger partial charge is 0.149 e. The molecule has 0 fully saturated rings. The minimum absolute atomic E-state index is 0.00253. The Morgan fingerprint density at radius 3 is 2.75 bits per heavy atom. The van der Waals surface area contributed by atoms with Crippen LogP contribution in [0.3, 0.4) is 0 Å². The number of halogens is 2. The lowest BCUT2D eigenvalue weighted by atomic mass is 10.3. The maximum Gasteiger partial charge on any atom is 0.149 e. The molecule has 0 heterocycles. The molecule has 0 saturated heterocycles. The van der Waals surface area contributed by atoms with Crippen LogP contribution in [0.5, 0.6) is 0 Å². The van der Waals surface area contributed by atoms with Gasteiger partial charge in [0.2, 0.25) is 0 Å². The van der Waals surface area contributed by atoms with Crippen LogP contribution in [0.4, 0.5) is 14.5 Å². The van der Waals surface area contributed by atoms with Crippen LogP contribution < -0.4 is 5.32 Å². The highest BCUT2D eigenvalue weighted by Gasteiger charge is 2.01. The summed E-state index contributed by atoms with van der Waals surface area (Å²) in [5.41, 5.74) is 0.137. The van der Waals surface area contributed by atoms with Crippen molar-refractivity contribution in [1.82, 2.24) is 0 Å². The van der Waals surface area contributed by atoms with E-state index in [1.54, 1.807) is 6.07 Å². The molecule has 0 amide bonds. The van der Waals surface area contributed by atoms with Gasteiger partial charge in [-0.3, -0.25) is 0 Å². The first-order valence-corrected chi connectivity index (χ1v) is 3.30. The van der Waals surface area contributed by atoms with E-state index in [1.807, 2.05) is 0 Å². The quantitative estimate of drug-likeness (QED) is 0.684. The fourth-order valence-electron chi connectivity index (χ4n) is 0.768. The highest BCUT2D eigenvalue weighted by atomic mass is 19.1. The maximum absolute atomic E-state index is 12.8. The van der Waals surface area contributed by atoms with E-state index in [-0.39, 0.29) is 12.2 Å². The fraction of sp³-hybridized carbons (Fsp3) is 0.125. The average molecular weight is 168 g/mol. The Hall–Kier alpha value is -1.63. The van der Waals surface area contributed by atoms with Gasteiger partial charge in [0.25, 0.3) is 0 Å². The number of benzene rings is 1. The molecule has 0 atom stereocenters. The largest absolute Gasteiger partial charge is 0.370 e. The summed E-state index contributed by atoms with van der Waals surface area (Å²) in [7, 11) is 0. The summed E-state index contributed by atoms with van der Waals surface area (Å²) >= 11 is 0. The second-order valence-electron chi connectivity index (χ2n) is 2.14. The van der Waals surface area contributed by atoms with Gasteiger partial charge < -0.3 is 5.32 Å². The van der Waals surface area contributed by atoms with Crippen LogP contribution in [-0.2, 0) is 0 Å². The van der Waals surface area contributed by atoms with E-state index in [0.717, 1.165) is 12.1 Å². The predicted octanol–water partition coefficient (Wildman–Crippen LogP) is 1.90. The molecule has 1 aromatic rings. The molecule has 0 aliphatic heterocycles. The van der Waals surface area contributed by atoms with E-state index >= 15 is 0 Å². The number of rotatable bonds is 2. The molecule has 0 aliphatic carbocycles. The van der Waals surface area contributed by atoms with Gasteiger partial charge in [-0.1, -0.05) is 0 Å². The molecule has 0 radical (unpaired) electrons. The van der Waals surface area contributed by atoms with Gasteiger partial charge in [0.1, 0.15) is 18.2 Å². The number of nitrogens with one attached hydrogen (secondary N) is 1. The van der Waals surface area contributed by atoms with E-state index in [4.69, 9.17) is 5.26 Å². The van der Waals surface area contributed by atoms with E-state index in [1.165, 1.54) is 6.07 Å². The van der Waals surface area contributed by atoms with Crippen molar-refractivity contribution in [2.45, 2.75) is 0 Å². The first-order valence-electron chi connectivity index (χ1n) is 3.30. The minimum atomic E-state index is -0.690. The highest BCUT2D eigenvalue weighted by Crippen LogP contribution is 2.13. The summed E-state index contributed by atoms with van der Waals surface area (Å²) in [6, 6.07) is 4.93. The third-order valence-electron chi connectivity index (χ3n) is 1.29. The average Bonchev–Trinajstić information content (AvgIpc) is 2.03. The zero-order chi connectivity index (χ0) is 8.97. The number of anilines is 1. The molecule has 1 rings (SSSR count). The normalized spacial score (nSPS) is 9.08. The van der Waals surface area contributed by atoms with Crippen LogP contribution in [0.15, 0.2) is 18.2 Å². The third kappa shape index (κ3) is 1.92. The van der Waals surface area contributed by atoms with Gasteiger partial charge in [-0.25, -0.2) is 8.78 Å². The summed E-state index contributed by atoms with van der Waals surface area (Å²) in [4.78, 5) is 0. The minimum Gasteiger partial charge on any atom is -0.370 e. The van der Waals surface area contributed by atoms with Crippen LogP contribution in [-0.4, -0.2) is 6.54 Å². The summed E-state index contributed by atoms with van der Waals surface area (Å²) in [5.74, 6) is -1.32. The monoisotopic (exact) mass is 168 g/mol. The third-order valence-corrected chi connectivity index (χ3v) is 1.29. The van der Waals surface area contributed by atoms with Gasteiger partial charge >= 0.3 is 0 Å². The van der Waals surface area contributed by atoms with E-state index in [9.17, 15) is 8.78 Å². The Morgan fingerprint density at radius 2 is 2.17 bits per heavy atom. The summed E-state index contributed by atoms with van der Waals surface area (Å²) in [6.07, 6.45) is 0. The molecular formula is C8H6F2N2. The molecule has 0 saturated carbocycles. The van der Waals surface area contributed by atoms with Gasteiger partial charge in [-0.05, 0) is 12.1 Å². The van der Waals surface area contributed by atoms with Crippen molar-refractivity contribution in [1.29, 1.82) is 5.26 Å². The molecule has 12 heavy (non-hydrogen) atoms. The second kappa shape index (κ2) is 3.67. The Morgan fingerprint density at radius 1 is 1.42 bits per heavy atom. The lowest BCUT2D eigenvalue weighted by Gasteiger charge is -2.01. The zero-order valence-electron chi connectivity index (χ0n) is 6.14. The Balaban J connectivity index is 2.81. The Bertz CT molecular complexity index is 317. The summed E-state index contributed by atoms with van der Waals surface area (Å²) in [5, 5.41) is 10.7. The molecule has 62 valence electrons. The number of nitriles is 1. The second-order valence-corrected chi connectivity index (χ2v) is 2.14. The summed E-state index contributed by atoms with van der Waals surface area (Å²) < 4.78 is 25.1. The van der Waals surface area contributed by atoms with Gasteiger partial charge in [0.05, 0.1) is 11.8 Å².